The predicted octanol–water partition coefficient (Wildman–Crippen LogP) is 2.90. The SMILES string of the molecule is Cc1cc(C)c(C)c(C(N)C(C)(C)CN)c1C. The van der Waals surface area contributed by atoms with Gasteiger partial charge in [0.05, 0.1) is 0 Å². The van der Waals surface area contributed by atoms with Crippen LogP contribution in [0.3, 0.4) is 0 Å². The lowest BCUT2D eigenvalue weighted by Gasteiger charge is -2.33. The summed E-state index contributed by atoms with van der Waals surface area (Å²) in [5, 5.41) is 0. The second-order valence-electron chi connectivity index (χ2n) is 5.84. The van der Waals surface area contributed by atoms with E-state index in [0.29, 0.717) is 6.54 Å². The lowest BCUT2D eigenvalue weighted by Crippen LogP contribution is -2.36. The Hall–Kier alpha value is -0.860. The van der Waals surface area contributed by atoms with E-state index in [-0.39, 0.29) is 11.5 Å². The molecule has 0 amide bonds. The average Bonchev–Trinajstić information content (AvgIpc) is 2.26. The third-order valence-electron chi connectivity index (χ3n) is 4.10. The second-order valence-corrected chi connectivity index (χ2v) is 5.84. The quantitative estimate of drug-likeness (QED) is 0.845. The maximum atomic E-state index is 6.44. The molecule has 1 aromatic rings. The number of nitrogens with two attached hydrogens (primary N) is 2. The number of hydrogen-bond acceptors (Lipinski definition) is 2. The Kier molecular flexibility index (Phi) is 4.00. The standard InChI is InChI=1S/C15H26N2/c1-9-7-10(2)12(4)13(11(9)3)14(17)15(5,6)8-16/h7,14H,8,16-17H2,1-6H3. The van der Waals surface area contributed by atoms with E-state index >= 15 is 0 Å². The Bertz CT molecular complexity index is 393. The minimum absolute atomic E-state index is 0.00824. The predicted molar refractivity (Wildman–Crippen MR) is 75.2 cm³/mol. The number of hydrogen-bond donors (Lipinski definition) is 2. The zero-order chi connectivity index (χ0) is 13.4. The zero-order valence-electron chi connectivity index (χ0n) is 12.0. The van der Waals surface area contributed by atoms with E-state index < -0.39 is 0 Å². The molecule has 1 atom stereocenters. The van der Waals surface area contributed by atoms with Gasteiger partial charge in [0.15, 0.2) is 0 Å². The van der Waals surface area contributed by atoms with Crippen molar-refractivity contribution in [2.24, 2.45) is 16.9 Å². The van der Waals surface area contributed by atoms with Crippen LogP contribution in [-0.2, 0) is 0 Å². The van der Waals surface area contributed by atoms with Gasteiger partial charge in [-0.25, -0.2) is 0 Å². The molecule has 0 aliphatic carbocycles. The highest BCUT2D eigenvalue weighted by molar-refractivity contribution is 5.46. The summed E-state index contributed by atoms with van der Waals surface area (Å²) >= 11 is 0. The van der Waals surface area contributed by atoms with Gasteiger partial charge in [-0.05, 0) is 67.5 Å². The first-order valence-corrected chi connectivity index (χ1v) is 6.25. The topological polar surface area (TPSA) is 52.0 Å². The minimum Gasteiger partial charge on any atom is -0.330 e. The van der Waals surface area contributed by atoms with E-state index in [1.165, 1.54) is 27.8 Å². The van der Waals surface area contributed by atoms with Crippen molar-refractivity contribution >= 4 is 0 Å². The molecular formula is C15H26N2. The van der Waals surface area contributed by atoms with Crippen LogP contribution in [0.1, 0.15) is 47.7 Å². The van der Waals surface area contributed by atoms with Crippen LogP contribution in [0.2, 0.25) is 0 Å². The Labute approximate surface area is 105 Å². The van der Waals surface area contributed by atoms with Gasteiger partial charge in [0.2, 0.25) is 0 Å². The molecule has 1 aromatic carbocycles. The van der Waals surface area contributed by atoms with Gasteiger partial charge in [-0.1, -0.05) is 19.9 Å². The molecule has 0 fully saturated rings. The summed E-state index contributed by atoms with van der Waals surface area (Å²) in [7, 11) is 0. The van der Waals surface area contributed by atoms with Gasteiger partial charge in [0.25, 0.3) is 0 Å². The van der Waals surface area contributed by atoms with Crippen molar-refractivity contribution in [1.82, 2.24) is 0 Å². The normalized spacial score (nSPS) is 13.9. The highest BCUT2D eigenvalue weighted by atomic mass is 14.7. The molecule has 2 heteroatoms. The van der Waals surface area contributed by atoms with E-state index in [1.54, 1.807) is 0 Å². The minimum atomic E-state index is -0.0737. The highest BCUT2D eigenvalue weighted by Gasteiger charge is 2.29. The fourth-order valence-electron chi connectivity index (χ4n) is 2.23. The van der Waals surface area contributed by atoms with E-state index in [4.69, 9.17) is 11.5 Å². The van der Waals surface area contributed by atoms with Crippen molar-refractivity contribution in [3.8, 4) is 0 Å². The molecule has 0 saturated heterocycles. The molecule has 4 N–H and O–H groups in total. The molecule has 0 saturated carbocycles. The second kappa shape index (κ2) is 4.79. The molecule has 96 valence electrons. The summed E-state index contributed by atoms with van der Waals surface area (Å²) < 4.78 is 0. The van der Waals surface area contributed by atoms with Gasteiger partial charge in [0.1, 0.15) is 0 Å². The van der Waals surface area contributed by atoms with Crippen LogP contribution in [0, 0.1) is 33.1 Å². The number of aryl methyl sites for hydroxylation is 2. The number of benzene rings is 1. The smallest absolute Gasteiger partial charge is 0.0364 e. The van der Waals surface area contributed by atoms with E-state index in [9.17, 15) is 0 Å². The van der Waals surface area contributed by atoms with Gasteiger partial charge in [-0.2, -0.15) is 0 Å². The van der Waals surface area contributed by atoms with Gasteiger partial charge in [-0.3, -0.25) is 0 Å². The molecule has 2 nitrogen and oxygen atoms in total. The van der Waals surface area contributed by atoms with Crippen LogP contribution < -0.4 is 11.5 Å². The molecule has 0 aromatic heterocycles. The maximum Gasteiger partial charge on any atom is 0.0364 e. The largest absolute Gasteiger partial charge is 0.330 e. The lowest BCUT2D eigenvalue weighted by atomic mass is 9.77. The number of rotatable bonds is 3. The Morgan fingerprint density at radius 2 is 1.47 bits per heavy atom. The molecular weight excluding hydrogens is 208 g/mol. The molecule has 0 heterocycles. The molecule has 1 unspecified atom stereocenters. The van der Waals surface area contributed by atoms with Gasteiger partial charge in [-0.15, -0.1) is 0 Å². The Morgan fingerprint density at radius 3 is 1.82 bits per heavy atom. The van der Waals surface area contributed by atoms with Gasteiger partial charge in [0, 0.05) is 6.04 Å². The summed E-state index contributed by atoms with van der Waals surface area (Å²) in [5.41, 5.74) is 18.7. The lowest BCUT2D eigenvalue weighted by molar-refractivity contribution is 0.299. The van der Waals surface area contributed by atoms with Crippen molar-refractivity contribution in [3.05, 3.63) is 33.9 Å². The summed E-state index contributed by atoms with van der Waals surface area (Å²) in [5.74, 6) is 0. The van der Waals surface area contributed by atoms with E-state index in [0.717, 1.165) is 0 Å². The van der Waals surface area contributed by atoms with Crippen molar-refractivity contribution < 1.29 is 0 Å². The summed E-state index contributed by atoms with van der Waals surface area (Å²) in [6.45, 7) is 13.5. The molecule has 0 aliphatic rings. The van der Waals surface area contributed by atoms with Crippen LogP contribution >= 0.6 is 0 Å². The van der Waals surface area contributed by atoms with Gasteiger partial charge < -0.3 is 11.5 Å². The Balaban J connectivity index is 3.41. The third kappa shape index (κ3) is 2.53. The molecule has 0 radical (unpaired) electrons. The fraction of sp³-hybridized carbons (Fsp3) is 0.600. The molecule has 17 heavy (non-hydrogen) atoms. The molecule has 0 bridgehead atoms. The molecule has 1 rings (SSSR count). The first-order chi connectivity index (χ1) is 7.72. The monoisotopic (exact) mass is 234 g/mol. The summed E-state index contributed by atoms with van der Waals surface area (Å²) in [6.07, 6.45) is 0. The molecule has 0 spiro atoms. The van der Waals surface area contributed by atoms with Crippen LogP contribution in [0.4, 0.5) is 0 Å². The van der Waals surface area contributed by atoms with E-state index in [1.807, 2.05) is 0 Å². The van der Waals surface area contributed by atoms with Crippen LogP contribution in [0.15, 0.2) is 6.07 Å². The van der Waals surface area contributed by atoms with Crippen LogP contribution in [0.5, 0.6) is 0 Å². The van der Waals surface area contributed by atoms with Crippen LogP contribution in [-0.4, -0.2) is 6.54 Å². The first-order valence-electron chi connectivity index (χ1n) is 6.25. The fourth-order valence-corrected chi connectivity index (χ4v) is 2.23. The Morgan fingerprint density at radius 1 is 1.06 bits per heavy atom. The van der Waals surface area contributed by atoms with Crippen LogP contribution in [0.25, 0.3) is 0 Å². The van der Waals surface area contributed by atoms with Crippen molar-refractivity contribution in [3.63, 3.8) is 0 Å². The maximum absolute atomic E-state index is 6.44. The van der Waals surface area contributed by atoms with E-state index in [2.05, 4.69) is 47.6 Å². The first kappa shape index (κ1) is 14.2. The zero-order valence-corrected chi connectivity index (χ0v) is 12.0. The van der Waals surface area contributed by atoms with Crippen molar-refractivity contribution in [2.45, 2.75) is 47.6 Å². The highest BCUT2D eigenvalue weighted by Crippen LogP contribution is 2.35. The summed E-state index contributed by atoms with van der Waals surface area (Å²) in [4.78, 5) is 0. The summed E-state index contributed by atoms with van der Waals surface area (Å²) in [6, 6.07) is 2.22. The molecule has 0 aliphatic heterocycles. The average molecular weight is 234 g/mol. The third-order valence-corrected chi connectivity index (χ3v) is 4.10. The van der Waals surface area contributed by atoms with Crippen molar-refractivity contribution in [2.75, 3.05) is 6.54 Å². The van der Waals surface area contributed by atoms with Gasteiger partial charge >= 0.3 is 0 Å². The van der Waals surface area contributed by atoms with Crippen molar-refractivity contribution in [1.29, 1.82) is 0 Å².